The standard InChI is InChI=1S/C24H24F3N3O5S/c1-28-22(30-35-14-32)18-10-9-17(12-20(18)33-2)34-13-21-19(4-3-11-31)29-23(36-21)15-5-7-16(8-6-15)24(25,26)27/h5-10,12,14,31H,3-4,11,13H2,1-2H3,(H,28,30). The van der Waals surface area contributed by atoms with Gasteiger partial charge in [-0.15, -0.1) is 11.3 Å². The molecule has 0 aliphatic heterocycles. The lowest BCUT2D eigenvalue weighted by Gasteiger charge is -2.13. The molecule has 0 bridgehead atoms. The summed E-state index contributed by atoms with van der Waals surface area (Å²) in [6.45, 7) is 0.371. The number of alkyl halides is 3. The van der Waals surface area contributed by atoms with E-state index in [9.17, 15) is 23.1 Å². The molecule has 12 heteroatoms. The molecule has 0 unspecified atom stereocenters. The average molecular weight is 524 g/mol. The van der Waals surface area contributed by atoms with E-state index in [1.54, 1.807) is 18.2 Å². The maximum absolute atomic E-state index is 12.9. The third-order valence-corrected chi connectivity index (χ3v) is 6.15. The van der Waals surface area contributed by atoms with Crippen molar-refractivity contribution in [2.75, 3.05) is 20.8 Å². The normalized spacial score (nSPS) is 11.8. The maximum Gasteiger partial charge on any atom is 0.416 e. The second-order valence-electron chi connectivity index (χ2n) is 7.33. The highest BCUT2D eigenvalue weighted by atomic mass is 32.1. The number of carbonyl (C=O) groups excluding carboxylic acids is 1. The first-order chi connectivity index (χ1) is 17.3. The summed E-state index contributed by atoms with van der Waals surface area (Å²) >= 11 is 1.32. The number of aliphatic hydroxyl groups excluding tert-OH is 1. The van der Waals surface area contributed by atoms with Crippen molar-refractivity contribution < 1.29 is 37.4 Å². The summed E-state index contributed by atoms with van der Waals surface area (Å²) in [7, 11) is 3.00. The van der Waals surface area contributed by atoms with E-state index in [-0.39, 0.29) is 25.5 Å². The van der Waals surface area contributed by atoms with Gasteiger partial charge in [0, 0.05) is 25.3 Å². The predicted octanol–water partition coefficient (Wildman–Crippen LogP) is 4.40. The van der Waals surface area contributed by atoms with Crippen LogP contribution in [-0.4, -0.2) is 43.2 Å². The van der Waals surface area contributed by atoms with Crippen LogP contribution < -0.4 is 15.0 Å². The monoisotopic (exact) mass is 523 g/mol. The molecule has 0 amide bonds. The first kappa shape index (κ1) is 27.0. The van der Waals surface area contributed by atoms with Gasteiger partial charge in [0.05, 0.1) is 28.8 Å². The van der Waals surface area contributed by atoms with Gasteiger partial charge < -0.3 is 19.4 Å². The SMILES string of the molecule is CN=C(NOC=O)c1ccc(OCc2sc(-c3ccc(C(F)(F)F)cc3)nc2CCCO)cc1OC. The number of ether oxygens (including phenoxy) is 2. The molecule has 3 aromatic rings. The number of nitrogens with one attached hydrogen (secondary N) is 1. The van der Waals surface area contributed by atoms with Gasteiger partial charge in [-0.05, 0) is 37.1 Å². The largest absolute Gasteiger partial charge is 0.496 e. The number of methoxy groups -OCH3 is 1. The van der Waals surface area contributed by atoms with Crippen LogP contribution in [0.3, 0.4) is 0 Å². The highest BCUT2D eigenvalue weighted by molar-refractivity contribution is 7.15. The van der Waals surface area contributed by atoms with E-state index in [1.165, 1.54) is 37.6 Å². The zero-order chi connectivity index (χ0) is 26.1. The van der Waals surface area contributed by atoms with Crippen molar-refractivity contribution in [3.8, 4) is 22.1 Å². The van der Waals surface area contributed by atoms with Crippen LogP contribution in [0.5, 0.6) is 11.5 Å². The Bertz CT molecular complexity index is 1200. The number of aliphatic hydroxyl groups is 1. The predicted molar refractivity (Wildman–Crippen MR) is 128 cm³/mol. The number of aryl methyl sites for hydroxylation is 1. The van der Waals surface area contributed by atoms with Gasteiger partial charge >= 0.3 is 12.6 Å². The molecule has 192 valence electrons. The summed E-state index contributed by atoms with van der Waals surface area (Å²) in [6, 6.07) is 9.85. The highest BCUT2D eigenvalue weighted by Gasteiger charge is 2.30. The van der Waals surface area contributed by atoms with Crippen LogP contribution in [0.4, 0.5) is 13.2 Å². The summed E-state index contributed by atoms with van der Waals surface area (Å²) in [5, 5.41) is 9.80. The van der Waals surface area contributed by atoms with Gasteiger partial charge in [-0.25, -0.2) is 10.5 Å². The third kappa shape index (κ3) is 6.73. The lowest BCUT2D eigenvalue weighted by atomic mass is 10.1. The van der Waals surface area contributed by atoms with E-state index in [0.717, 1.165) is 17.0 Å². The molecule has 8 nitrogen and oxygen atoms in total. The Morgan fingerprint density at radius 1 is 1.22 bits per heavy atom. The number of hydroxylamine groups is 1. The lowest BCUT2D eigenvalue weighted by molar-refractivity contribution is -0.137. The molecule has 1 aromatic heterocycles. The number of aromatic nitrogens is 1. The summed E-state index contributed by atoms with van der Waals surface area (Å²) < 4.78 is 50.1. The van der Waals surface area contributed by atoms with E-state index in [1.807, 2.05) is 0 Å². The number of nitrogens with zero attached hydrogens (tertiary/aromatic N) is 2. The fourth-order valence-electron chi connectivity index (χ4n) is 3.27. The molecule has 0 atom stereocenters. The van der Waals surface area contributed by atoms with E-state index in [2.05, 4.69) is 20.3 Å². The van der Waals surface area contributed by atoms with Crippen molar-refractivity contribution in [3.63, 3.8) is 0 Å². The van der Waals surface area contributed by atoms with Crippen LogP contribution in [0, 0.1) is 0 Å². The molecule has 0 radical (unpaired) electrons. The second kappa shape index (κ2) is 12.4. The van der Waals surface area contributed by atoms with Crippen LogP contribution in [0.1, 0.15) is 28.1 Å². The minimum Gasteiger partial charge on any atom is -0.496 e. The first-order valence-corrected chi connectivity index (χ1v) is 11.5. The van der Waals surface area contributed by atoms with E-state index in [0.29, 0.717) is 46.2 Å². The molecule has 1 heterocycles. The molecule has 2 aromatic carbocycles. The van der Waals surface area contributed by atoms with Crippen molar-refractivity contribution in [1.82, 2.24) is 10.5 Å². The number of hydrogen-bond acceptors (Lipinski definition) is 8. The Balaban J connectivity index is 1.81. The number of benzene rings is 2. The van der Waals surface area contributed by atoms with Crippen molar-refractivity contribution in [3.05, 3.63) is 64.2 Å². The average Bonchev–Trinajstić information content (AvgIpc) is 3.29. The van der Waals surface area contributed by atoms with E-state index in [4.69, 9.17) is 9.47 Å². The van der Waals surface area contributed by atoms with Gasteiger partial charge in [-0.3, -0.25) is 9.79 Å². The minimum absolute atomic E-state index is 0.0186. The third-order valence-electron chi connectivity index (χ3n) is 5.03. The quantitative estimate of drug-likeness (QED) is 0.166. The minimum atomic E-state index is -4.41. The van der Waals surface area contributed by atoms with Crippen LogP contribution in [0.2, 0.25) is 0 Å². The smallest absolute Gasteiger partial charge is 0.416 e. The molecule has 0 fully saturated rings. The topological polar surface area (TPSA) is 102 Å². The van der Waals surface area contributed by atoms with Gasteiger partial charge in [0.2, 0.25) is 0 Å². The Labute approximate surface area is 209 Å². The molecule has 0 spiro atoms. The highest BCUT2D eigenvalue weighted by Crippen LogP contribution is 2.34. The van der Waals surface area contributed by atoms with E-state index < -0.39 is 11.7 Å². The molecule has 36 heavy (non-hydrogen) atoms. The number of hydrogen-bond donors (Lipinski definition) is 2. The summed E-state index contributed by atoms with van der Waals surface area (Å²) in [5.74, 6) is 1.19. The molecule has 0 saturated carbocycles. The Morgan fingerprint density at radius 2 is 1.97 bits per heavy atom. The second-order valence-corrected chi connectivity index (χ2v) is 8.41. The fraction of sp³-hybridized carbons (Fsp3) is 0.292. The van der Waals surface area contributed by atoms with Crippen molar-refractivity contribution >= 4 is 23.6 Å². The van der Waals surface area contributed by atoms with E-state index >= 15 is 0 Å². The van der Waals surface area contributed by atoms with Crippen LogP contribution in [0.15, 0.2) is 47.5 Å². The molecular formula is C24H24F3N3O5S. The van der Waals surface area contributed by atoms with Crippen LogP contribution >= 0.6 is 11.3 Å². The van der Waals surface area contributed by atoms with Crippen LogP contribution in [0.25, 0.3) is 10.6 Å². The van der Waals surface area contributed by atoms with Crippen molar-refractivity contribution in [1.29, 1.82) is 0 Å². The molecule has 0 aliphatic carbocycles. The van der Waals surface area contributed by atoms with Gasteiger partial charge in [-0.1, -0.05) is 12.1 Å². The number of halogens is 3. The Morgan fingerprint density at radius 3 is 2.58 bits per heavy atom. The summed E-state index contributed by atoms with van der Waals surface area (Å²) in [5.41, 5.74) is 3.50. The Hall–Kier alpha value is -3.64. The van der Waals surface area contributed by atoms with Gasteiger partial charge in [-0.2, -0.15) is 13.2 Å². The van der Waals surface area contributed by atoms with Crippen molar-refractivity contribution in [2.24, 2.45) is 4.99 Å². The summed E-state index contributed by atoms with van der Waals surface area (Å²) in [6.07, 6.45) is -3.43. The summed E-state index contributed by atoms with van der Waals surface area (Å²) in [4.78, 5) is 24.4. The number of aliphatic imine (C=N–C) groups is 1. The Kier molecular flexibility index (Phi) is 9.25. The van der Waals surface area contributed by atoms with Gasteiger partial charge in [0.25, 0.3) is 0 Å². The first-order valence-electron chi connectivity index (χ1n) is 10.7. The molecular weight excluding hydrogens is 499 g/mol. The zero-order valence-electron chi connectivity index (χ0n) is 19.5. The maximum atomic E-state index is 12.9. The molecule has 3 rings (SSSR count). The van der Waals surface area contributed by atoms with Crippen molar-refractivity contribution in [2.45, 2.75) is 25.6 Å². The number of rotatable bonds is 11. The molecule has 2 N–H and O–H groups in total. The molecule has 0 saturated heterocycles. The lowest BCUT2D eigenvalue weighted by Crippen LogP contribution is -2.24. The van der Waals surface area contributed by atoms with Crippen LogP contribution in [-0.2, 0) is 28.8 Å². The number of amidine groups is 1. The zero-order valence-corrected chi connectivity index (χ0v) is 20.3. The number of carbonyl (C=O) groups is 1. The number of thiazole rings is 1. The fourth-order valence-corrected chi connectivity index (χ4v) is 4.30. The van der Waals surface area contributed by atoms with Gasteiger partial charge in [0.15, 0.2) is 5.84 Å². The van der Waals surface area contributed by atoms with Gasteiger partial charge in [0.1, 0.15) is 23.1 Å². The molecule has 0 aliphatic rings.